The zero-order chi connectivity index (χ0) is 29.7. The SMILES string of the molecule is Cc1cc(C)c(C(C)C)c(C)c1-c1ccc2c(-c3ccc4ccc(C#N)c(C(C)C)c4c3)cc(C)c(C(C)C)c2c1. The number of nitriles is 1. The van der Waals surface area contributed by atoms with Gasteiger partial charge in [-0.2, -0.15) is 5.26 Å². The molecule has 208 valence electrons. The molecule has 0 amide bonds. The van der Waals surface area contributed by atoms with Gasteiger partial charge in [0.25, 0.3) is 0 Å². The van der Waals surface area contributed by atoms with Crippen LogP contribution in [0.5, 0.6) is 0 Å². The average molecular weight is 538 g/mol. The highest BCUT2D eigenvalue weighted by atomic mass is 14.3. The number of aryl methyl sites for hydroxylation is 3. The van der Waals surface area contributed by atoms with Crippen molar-refractivity contribution < 1.29 is 0 Å². The molecule has 0 saturated carbocycles. The first kappa shape index (κ1) is 28.6. The third-order valence-corrected chi connectivity index (χ3v) is 8.93. The Morgan fingerprint density at radius 1 is 0.537 bits per heavy atom. The van der Waals surface area contributed by atoms with E-state index in [1.807, 2.05) is 6.07 Å². The molecule has 0 fully saturated rings. The maximum absolute atomic E-state index is 9.84. The van der Waals surface area contributed by atoms with Gasteiger partial charge in [-0.15, -0.1) is 0 Å². The van der Waals surface area contributed by atoms with Crippen molar-refractivity contribution in [2.75, 3.05) is 0 Å². The van der Waals surface area contributed by atoms with Crippen LogP contribution in [0.25, 0.3) is 43.8 Å². The maximum Gasteiger partial charge on any atom is 0.0994 e. The molecule has 0 aliphatic carbocycles. The van der Waals surface area contributed by atoms with Gasteiger partial charge in [-0.1, -0.05) is 84.0 Å². The van der Waals surface area contributed by atoms with Crippen molar-refractivity contribution in [2.45, 2.75) is 87.0 Å². The molecule has 0 aliphatic rings. The van der Waals surface area contributed by atoms with Gasteiger partial charge < -0.3 is 0 Å². The molecule has 0 N–H and O–H groups in total. The number of hydrogen-bond acceptors (Lipinski definition) is 1. The quantitative estimate of drug-likeness (QED) is 0.219. The van der Waals surface area contributed by atoms with Crippen LogP contribution in [0.4, 0.5) is 0 Å². The summed E-state index contributed by atoms with van der Waals surface area (Å²) in [5.74, 6) is 1.17. The Balaban J connectivity index is 1.82. The summed E-state index contributed by atoms with van der Waals surface area (Å²) in [4.78, 5) is 0. The summed E-state index contributed by atoms with van der Waals surface area (Å²) >= 11 is 0. The van der Waals surface area contributed by atoms with Crippen LogP contribution in [-0.4, -0.2) is 0 Å². The van der Waals surface area contributed by atoms with Crippen molar-refractivity contribution >= 4 is 21.5 Å². The number of benzene rings is 5. The van der Waals surface area contributed by atoms with Gasteiger partial charge in [-0.3, -0.25) is 0 Å². The maximum atomic E-state index is 9.84. The van der Waals surface area contributed by atoms with Crippen LogP contribution in [0.2, 0.25) is 0 Å². The third kappa shape index (κ3) is 4.85. The Kier molecular flexibility index (Phi) is 7.56. The Morgan fingerprint density at radius 3 is 1.76 bits per heavy atom. The highest BCUT2D eigenvalue weighted by Gasteiger charge is 2.19. The molecule has 0 aliphatic heterocycles. The van der Waals surface area contributed by atoms with E-state index >= 15 is 0 Å². The minimum Gasteiger partial charge on any atom is -0.192 e. The van der Waals surface area contributed by atoms with Crippen LogP contribution >= 0.6 is 0 Å². The van der Waals surface area contributed by atoms with Crippen LogP contribution in [0, 0.1) is 39.0 Å². The van der Waals surface area contributed by atoms with Crippen LogP contribution in [-0.2, 0) is 0 Å². The van der Waals surface area contributed by atoms with E-state index in [1.165, 1.54) is 77.2 Å². The summed E-state index contributed by atoms with van der Waals surface area (Å²) in [6, 6.07) is 25.1. The van der Waals surface area contributed by atoms with E-state index in [0.717, 1.165) is 11.1 Å². The lowest BCUT2D eigenvalue weighted by atomic mass is 9.82. The number of rotatable bonds is 5. The van der Waals surface area contributed by atoms with E-state index in [0.29, 0.717) is 11.8 Å². The molecule has 0 spiro atoms. The normalized spacial score (nSPS) is 11.8. The fourth-order valence-electron chi connectivity index (χ4n) is 7.51. The largest absolute Gasteiger partial charge is 0.192 e. The summed E-state index contributed by atoms with van der Waals surface area (Å²) in [7, 11) is 0. The predicted octanol–water partition coefficient (Wildman–Crippen LogP) is 11.8. The lowest BCUT2D eigenvalue weighted by Crippen LogP contribution is -2.02. The highest BCUT2D eigenvalue weighted by molar-refractivity contribution is 6.03. The Bertz CT molecular complexity index is 1860. The minimum absolute atomic E-state index is 0.268. The lowest BCUT2D eigenvalue weighted by Gasteiger charge is -2.22. The molecule has 0 aromatic heterocycles. The summed E-state index contributed by atoms with van der Waals surface area (Å²) in [5, 5.41) is 14.8. The number of hydrogen-bond donors (Lipinski definition) is 0. The zero-order valence-electron chi connectivity index (χ0n) is 26.5. The molecule has 0 bridgehead atoms. The van der Waals surface area contributed by atoms with E-state index in [1.54, 1.807) is 0 Å². The van der Waals surface area contributed by atoms with Gasteiger partial charge in [0.15, 0.2) is 0 Å². The summed E-state index contributed by atoms with van der Waals surface area (Å²) in [6.45, 7) is 22.6. The van der Waals surface area contributed by atoms with Gasteiger partial charge in [0.1, 0.15) is 0 Å². The van der Waals surface area contributed by atoms with E-state index in [4.69, 9.17) is 0 Å². The molecule has 0 heterocycles. The van der Waals surface area contributed by atoms with Crippen LogP contribution in [0.3, 0.4) is 0 Å². The fraction of sp³-hybridized carbons (Fsp3) is 0.325. The monoisotopic (exact) mass is 537 g/mol. The van der Waals surface area contributed by atoms with Gasteiger partial charge in [-0.25, -0.2) is 0 Å². The first-order chi connectivity index (χ1) is 19.4. The summed E-state index contributed by atoms with van der Waals surface area (Å²) in [5.41, 5.74) is 15.4. The lowest BCUT2D eigenvalue weighted by molar-refractivity contribution is 0.846. The zero-order valence-corrected chi connectivity index (χ0v) is 26.5. The molecule has 1 heteroatoms. The Morgan fingerprint density at radius 2 is 1.12 bits per heavy atom. The molecule has 5 aromatic carbocycles. The number of fused-ring (bicyclic) bond motifs is 2. The second kappa shape index (κ2) is 10.8. The van der Waals surface area contributed by atoms with Crippen molar-refractivity contribution in [3.63, 3.8) is 0 Å². The van der Waals surface area contributed by atoms with Crippen molar-refractivity contribution in [3.8, 4) is 28.3 Å². The van der Waals surface area contributed by atoms with Crippen molar-refractivity contribution in [1.29, 1.82) is 5.26 Å². The fourth-order valence-corrected chi connectivity index (χ4v) is 7.51. The molecular weight excluding hydrogens is 494 g/mol. The van der Waals surface area contributed by atoms with Gasteiger partial charge in [0.2, 0.25) is 0 Å². The highest BCUT2D eigenvalue weighted by Crippen LogP contribution is 2.42. The smallest absolute Gasteiger partial charge is 0.0994 e. The van der Waals surface area contributed by atoms with E-state index in [-0.39, 0.29) is 5.92 Å². The van der Waals surface area contributed by atoms with Crippen LogP contribution in [0.15, 0.2) is 60.7 Å². The van der Waals surface area contributed by atoms with Gasteiger partial charge in [0.05, 0.1) is 11.6 Å². The molecule has 1 nitrogen and oxygen atoms in total. The molecule has 0 atom stereocenters. The van der Waals surface area contributed by atoms with Gasteiger partial charge >= 0.3 is 0 Å². The third-order valence-electron chi connectivity index (χ3n) is 8.93. The van der Waals surface area contributed by atoms with Crippen LogP contribution < -0.4 is 0 Å². The second-order valence-electron chi connectivity index (χ2n) is 12.9. The second-order valence-corrected chi connectivity index (χ2v) is 12.9. The molecule has 41 heavy (non-hydrogen) atoms. The van der Waals surface area contributed by atoms with Crippen LogP contribution in [0.1, 0.15) is 104 Å². The molecule has 0 radical (unpaired) electrons. The standard InChI is InChI=1S/C40H43N/c1-22(2)37-25(7)17-26(8)40(28(37)10)31-15-16-33-34(18-27(9)38(23(3)4)36(33)20-31)30-13-11-29-12-14-32(21-41)39(24(5)6)35(29)19-30/h11-20,22-24H,1-10H3. The van der Waals surface area contributed by atoms with Gasteiger partial charge in [-0.05, 0) is 146 Å². The Labute approximate surface area is 246 Å². The van der Waals surface area contributed by atoms with E-state index in [9.17, 15) is 5.26 Å². The topological polar surface area (TPSA) is 23.8 Å². The predicted molar refractivity (Wildman–Crippen MR) is 178 cm³/mol. The van der Waals surface area contributed by atoms with E-state index in [2.05, 4.69) is 130 Å². The number of nitrogens with zero attached hydrogens (tertiary/aromatic N) is 1. The average Bonchev–Trinajstić information content (AvgIpc) is 2.90. The molecule has 0 unspecified atom stereocenters. The van der Waals surface area contributed by atoms with E-state index < -0.39 is 0 Å². The van der Waals surface area contributed by atoms with Gasteiger partial charge in [0, 0.05) is 0 Å². The summed E-state index contributed by atoms with van der Waals surface area (Å²) < 4.78 is 0. The first-order valence-corrected chi connectivity index (χ1v) is 15.1. The summed E-state index contributed by atoms with van der Waals surface area (Å²) in [6.07, 6.45) is 0. The molecular formula is C40H43N. The first-order valence-electron chi connectivity index (χ1n) is 15.1. The van der Waals surface area contributed by atoms with Crippen molar-refractivity contribution in [1.82, 2.24) is 0 Å². The van der Waals surface area contributed by atoms with Crippen molar-refractivity contribution in [2.24, 2.45) is 0 Å². The molecule has 5 rings (SSSR count). The minimum atomic E-state index is 0.268. The van der Waals surface area contributed by atoms with Crippen molar-refractivity contribution in [3.05, 3.63) is 105 Å². The molecule has 0 saturated heterocycles. The Hall–Kier alpha value is -3.89. The molecule has 5 aromatic rings.